The Hall–Kier alpha value is -0.600. The second kappa shape index (κ2) is 11.0. The van der Waals surface area contributed by atoms with Crippen LogP contribution in [0.5, 0.6) is 0 Å². The van der Waals surface area contributed by atoms with Gasteiger partial charge in [-0.1, -0.05) is 0 Å². The lowest BCUT2D eigenvalue weighted by Gasteiger charge is -2.48. The van der Waals surface area contributed by atoms with Crippen LogP contribution in [0.1, 0.15) is 6.42 Å². The van der Waals surface area contributed by atoms with E-state index in [1.165, 1.54) is 0 Å². The zero-order valence-corrected chi connectivity index (χ0v) is 17.7. The molecule has 15 nitrogen and oxygen atoms in total. The molecule has 0 aromatic heterocycles. The molecule has 194 valence electrons. The number of aliphatic hydroxyl groups excluding tert-OH is 8. The molecule has 1 unspecified atom stereocenters. The summed E-state index contributed by atoms with van der Waals surface area (Å²) in [6.45, 7) is -1.27. The molecule has 0 bridgehead atoms. The maximum absolute atomic E-state index is 10.9. The minimum Gasteiger partial charge on any atom is -0.394 e. The standard InChI is InChI=1S/C18H35N3O12/c19-4-1-5(20)16(33-18-13(28)12(27)10(25)7(3-23)31-18)14(29)15(4)32-17-11(26)8(21)9(24)6(2-22)30-17/h4-18,22-29H,1-3,19-21H2/t4-,5+,6-,7-,8+,9-,10-,11-,12+,13-,14-,15+,16-,17?,18-/m1/s1. The fourth-order valence-corrected chi connectivity index (χ4v) is 4.36. The van der Waals surface area contributed by atoms with E-state index in [1.807, 2.05) is 0 Å². The van der Waals surface area contributed by atoms with Crippen molar-refractivity contribution in [2.45, 2.75) is 98.2 Å². The molecule has 1 saturated carbocycles. The smallest absolute Gasteiger partial charge is 0.187 e. The Morgan fingerprint density at radius 3 is 1.55 bits per heavy atom. The van der Waals surface area contributed by atoms with Crippen molar-refractivity contribution in [3.8, 4) is 0 Å². The van der Waals surface area contributed by atoms with Crippen LogP contribution in [0, 0.1) is 0 Å². The van der Waals surface area contributed by atoms with Gasteiger partial charge in [-0.15, -0.1) is 0 Å². The van der Waals surface area contributed by atoms with Gasteiger partial charge in [-0.3, -0.25) is 0 Å². The summed E-state index contributed by atoms with van der Waals surface area (Å²) in [5.41, 5.74) is 17.9. The van der Waals surface area contributed by atoms with Crippen LogP contribution in [0.3, 0.4) is 0 Å². The lowest BCUT2D eigenvalue weighted by molar-refractivity contribution is -0.335. The first-order chi connectivity index (χ1) is 15.5. The number of hydrogen-bond acceptors (Lipinski definition) is 15. The molecule has 0 aromatic carbocycles. The second-order valence-corrected chi connectivity index (χ2v) is 8.74. The summed E-state index contributed by atoms with van der Waals surface area (Å²) in [5.74, 6) is 0. The highest BCUT2D eigenvalue weighted by Crippen LogP contribution is 2.31. The van der Waals surface area contributed by atoms with Crippen LogP contribution >= 0.6 is 0 Å². The molecule has 3 fully saturated rings. The summed E-state index contributed by atoms with van der Waals surface area (Å²) >= 11 is 0. The molecule has 0 amide bonds. The van der Waals surface area contributed by atoms with Crippen molar-refractivity contribution >= 4 is 0 Å². The largest absolute Gasteiger partial charge is 0.394 e. The Balaban J connectivity index is 1.72. The molecular formula is C18H35N3O12. The van der Waals surface area contributed by atoms with Gasteiger partial charge in [-0.2, -0.15) is 0 Å². The SMILES string of the molecule is N[C@H]1[C@H](O)[C@@H](CO)OC(O[C@@H]2[C@@H](O)[C@H](O[C@H]3O[C@H](CO)[C@@H](O)[C@H](O)[C@H]3O)[C@@H](N)C[C@H]2N)[C@@H]1O. The molecule has 2 aliphatic heterocycles. The molecule has 0 radical (unpaired) electrons. The van der Waals surface area contributed by atoms with E-state index in [-0.39, 0.29) is 6.42 Å². The van der Waals surface area contributed by atoms with E-state index in [4.69, 9.17) is 36.1 Å². The number of rotatable bonds is 6. The fraction of sp³-hybridized carbons (Fsp3) is 1.00. The first kappa shape index (κ1) is 27.0. The van der Waals surface area contributed by atoms with Crippen LogP contribution < -0.4 is 17.2 Å². The van der Waals surface area contributed by atoms with Crippen LogP contribution in [0.15, 0.2) is 0 Å². The number of aliphatic hydroxyl groups is 8. The second-order valence-electron chi connectivity index (χ2n) is 8.74. The van der Waals surface area contributed by atoms with E-state index in [9.17, 15) is 40.9 Å². The molecule has 33 heavy (non-hydrogen) atoms. The van der Waals surface area contributed by atoms with Crippen LogP contribution in [0.25, 0.3) is 0 Å². The Bertz CT molecular complexity index is 582. The van der Waals surface area contributed by atoms with Crippen molar-refractivity contribution < 1.29 is 59.8 Å². The van der Waals surface area contributed by atoms with Gasteiger partial charge < -0.3 is 77.0 Å². The van der Waals surface area contributed by atoms with E-state index in [2.05, 4.69) is 0 Å². The maximum atomic E-state index is 10.9. The predicted octanol–water partition coefficient (Wildman–Crippen LogP) is -7.26. The van der Waals surface area contributed by atoms with E-state index in [0.717, 1.165) is 0 Å². The third-order valence-corrected chi connectivity index (χ3v) is 6.43. The summed E-state index contributed by atoms with van der Waals surface area (Å²) in [6, 6.07) is -2.92. The van der Waals surface area contributed by atoms with E-state index in [0.29, 0.717) is 0 Å². The minimum absolute atomic E-state index is 0.0603. The molecule has 3 rings (SSSR count). The highest BCUT2D eigenvalue weighted by molar-refractivity contribution is 5.01. The van der Waals surface area contributed by atoms with Crippen LogP contribution in [-0.4, -0.2) is 146 Å². The summed E-state index contributed by atoms with van der Waals surface area (Å²) < 4.78 is 22.0. The molecule has 15 heteroatoms. The average molecular weight is 485 g/mol. The van der Waals surface area contributed by atoms with Crippen molar-refractivity contribution in [1.29, 1.82) is 0 Å². The maximum Gasteiger partial charge on any atom is 0.187 e. The van der Waals surface area contributed by atoms with Crippen LogP contribution in [0.2, 0.25) is 0 Å². The lowest BCUT2D eigenvalue weighted by atomic mass is 9.84. The van der Waals surface area contributed by atoms with Gasteiger partial charge >= 0.3 is 0 Å². The highest BCUT2D eigenvalue weighted by atomic mass is 16.7. The van der Waals surface area contributed by atoms with E-state index >= 15 is 0 Å². The summed E-state index contributed by atoms with van der Waals surface area (Å²) in [7, 11) is 0. The lowest BCUT2D eigenvalue weighted by Crippen LogP contribution is -2.68. The van der Waals surface area contributed by atoms with Crippen molar-refractivity contribution in [2.24, 2.45) is 17.2 Å². The Kier molecular flexibility index (Phi) is 8.99. The van der Waals surface area contributed by atoms with Gasteiger partial charge in [0.2, 0.25) is 0 Å². The summed E-state index contributed by atoms with van der Waals surface area (Å²) in [6.07, 6.45) is -17.2. The Morgan fingerprint density at radius 2 is 1.06 bits per heavy atom. The Labute approximate surface area is 189 Å². The molecule has 15 atom stereocenters. The van der Waals surface area contributed by atoms with Crippen LogP contribution in [0.4, 0.5) is 0 Å². The van der Waals surface area contributed by atoms with Crippen molar-refractivity contribution in [1.82, 2.24) is 0 Å². The summed E-state index contributed by atoms with van der Waals surface area (Å²) in [4.78, 5) is 0. The first-order valence-corrected chi connectivity index (χ1v) is 10.7. The van der Waals surface area contributed by atoms with E-state index < -0.39 is 105 Å². The van der Waals surface area contributed by atoms with Gasteiger partial charge in [-0.05, 0) is 6.42 Å². The molecule has 2 heterocycles. The van der Waals surface area contributed by atoms with Crippen molar-refractivity contribution in [2.75, 3.05) is 13.2 Å². The quantitative estimate of drug-likeness (QED) is 0.167. The molecule has 0 aromatic rings. The topological polar surface area (TPSA) is 277 Å². The zero-order valence-electron chi connectivity index (χ0n) is 17.7. The molecule has 14 N–H and O–H groups in total. The van der Waals surface area contributed by atoms with Gasteiger partial charge in [0.05, 0.1) is 19.3 Å². The molecule has 2 saturated heterocycles. The third-order valence-electron chi connectivity index (χ3n) is 6.43. The molecule has 3 aliphatic rings. The highest BCUT2D eigenvalue weighted by Gasteiger charge is 2.51. The van der Waals surface area contributed by atoms with Gasteiger partial charge in [0, 0.05) is 12.1 Å². The average Bonchev–Trinajstić information content (AvgIpc) is 2.79. The van der Waals surface area contributed by atoms with Gasteiger partial charge in [0.15, 0.2) is 12.6 Å². The fourth-order valence-electron chi connectivity index (χ4n) is 4.36. The number of ether oxygens (including phenoxy) is 4. The van der Waals surface area contributed by atoms with Crippen molar-refractivity contribution in [3.63, 3.8) is 0 Å². The first-order valence-electron chi connectivity index (χ1n) is 10.7. The predicted molar refractivity (Wildman–Crippen MR) is 106 cm³/mol. The van der Waals surface area contributed by atoms with Crippen molar-refractivity contribution in [3.05, 3.63) is 0 Å². The monoisotopic (exact) mass is 485 g/mol. The van der Waals surface area contributed by atoms with Crippen LogP contribution in [-0.2, 0) is 18.9 Å². The Morgan fingerprint density at radius 1 is 0.606 bits per heavy atom. The normalized spacial score (nSPS) is 53.7. The van der Waals surface area contributed by atoms with Gasteiger partial charge in [-0.25, -0.2) is 0 Å². The number of hydrogen-bond donors (Lipinski definition) is 11. The van der Waals surface area contributed by atoms with Gasteiger partial charge in [0.25, 0.3) is 0 Å². The minimum atomic E-state index is -1.72. The third kappa shape index (κ3) is 5.32. The summed E-state index contributed by atoms with van der Waals surface area (Å²) in [5, 5.41) is 80.0. The molecule has 1 aliphatic carbocycles. The molecule has 0 spiro atoms. The van der Waals surface area contributed by atoms with E-state index in [1.54, 1.807) is 0 Å². The zero-order chi connectivity index (χ0) is 24.6. The molecular weight excluding hydrogens is 450 g/mol. The van der Waals surface area contributed by atoms with Gasteiger partial charge in [0.1, 0.15) is 61.0 Å². The number of nitrogens with two attached hydrogens (primary N) is 3.